The molecule has 1 aliphatic carbocycles. The second-order valence-corrected chi connectivity index (χ2v) is 6.43. The van der Waals surface area contributed by atoms with Crippen LogP contribution in [0.15, 0.2) is 24.3 Å². The maximum absolute atomic E-state index is 13.6. The number of hydrogen-bond acceptors (Lipinski definition) is 5. The van der Waals surface area contributed by atoms with Crippen molar-refractivity contribution >= 4 is 11.9 Å². The Hall–Kier alpha value is -2.45. The lowest BCUT2D eigenvalue weighted by Crippen LogP contribution is -2.42. The van der Waals surface area contributed by atoms with E-state index in [9.17, 15) is 14.0 Å². The first-order valence-corrected chi connectivity index (χ1v) is 8.74. The molecule has 1 atom stereocenters. The normalized spacial score (nSPS) is 19.3. The van der Waals surface area contributed by atoms with Crippen molar-refractivity contribution in [2.75, 3.05) is 33.4 Å². The molecule has 1 aliphatic heterocycles. The second-order valence-electron chi connectivity index (χ2n) is 6.43. The molecular weight excluding hydrogens is 357 g/mol. The highest BCUT2D eigenvalue weighted by Gasteiger charge is 2.22. The topological polar surface area (TPSA) is 96.3 Å². The SMILES string of the molecule is CN1CCOC(COc2ccc(F)c3c2CCC3)C1.O=C(O)/C=C/C(=O)O. The molecule has 1 aromatic carbocycles. The molecule has 1 aromatic rings. The Morgan fingerprint density at radius 3 is 2.56 bits per heavy atom. The van der Waals surface area contributed by atoms with Gasteiger partial charge in [-0.15, -0.1) is 0 Å². The van der Waals surface area contributed by atoms with E-state index in [1.165, 1.54) is 6.07 Å². The molecule has 0 aromatic heterocycles. The number of ether oxygens (including phenoxy) is 2. The molecular formula is C19H24FNO6. The summed E-state index contributed by atoms with van der Waals surface area (Å²) in [6.07, 6.45) is 4.01. The molecule has 2 N–H and O–H groups in total. The van der Waals surface area contributed by atoms with E-state index < -0.39 is 11.9 Å². The summed E-state index contributed by atoms with van der Waals surface area (Å²) in [7, 11) is 2.09. The number of nitrogens with zero attached hydrogens (tertiary/aromatic N) is 1. The number of fused-ring (bicyclic) bond motifs is 1. The monoisotopic (exact) mass is 381 g/mol. The second kappa shape index (κ2) is 10.0. The molecule has 148 valence electrons. The summed E-state index contributed by atoms with van der Waals surface area (Å²) in [5, 5.41) is 15.6. The Morgan fingerprint density at radius 2 is 1.93 bits per heavy atom. The van der Waals surface area contributed by atoms with Crippen LogP contribution in [0.3, 0.4) is 0 Å². The van der Waals surface area contributed by atoms with Crippen LogP contribution in [0.5, 0.6) is 5.75 Å². The Balaban J connectivity index is 0.000000279. The van der Waals surface area contributed by atoms with Crippen LogP contribution >= 0.6 is 0 Å². The Labute approximate surface area is 157 Å². The minimum absolute atomic E-state index is 0.0894. The molecule has 0 amide bonds. The van der Waals surface area contributed by atoms with Gasteiger partial charge in [-0.2, -0.15) is 0 Å². The van der Waals surface area contributed by atoms with Crippen molar-refractivity contribution in [2.24, 2.45) is 0 Å². The fourth-order valence-electron chi connectivity index (χ4n) is 3.06. The van der Waals surface area contributed by atoms with Crippen molar-refractivity contribution in [2.45, 2.75) is 25.4 Å². The first-order chi connectivity index (χ1) is 12.9. The van der Waals surface area contributed by atoms with Crippen molar-refractivity contribution in [3.8, 4) is 5.75 Å². The van der Waals surface area contributed by atoms with Crippen molar-refractivity contribution in [3.05, 3.63) is 41.2 Å². The summed E-state index contributed by atoms with van der Waals surface area (Å²) in [6.45, 7) is 3.17. The predicted octanol–water partition coefficient (Wildman–Crippen LogP) is 1.74. The van der Waals surface area contributed by atoms with E-state index in [-0.39, 0.29) is 11.9 Å². The predicted molar refractivity (Wildman–Crippen MR) is 95.6 cm³/mol. The molecule has 0 bridgehead atoms. The summed E-state index contributed by atoms with van der Waals surface area (Å²) in [4.78, 5) is 21.3. The number of likely N-dealkylation sites (N-methyl/N-ethyl adjacent to an activating group) is 1. The molecule has 8 heteroatoms. The van der Waals surface area contributed by atoms with Crippen LogP contribution in [-0.2, 0) is 27.2 Å². The van der Waals surface area contributed by atoms with E-state index in [1.54, 1.807) is 6.07 Å². The number of morpholine rings is 1. The Kier molecular flexibility index (Phi) is 7.75. The first-order valence-electron chi connectivity index (χ1n) is 8.74. The molecule has 2 aliphatic rings. The highest BCUT2D eigenvalue weighted by molar-refractivity contribution is 5.89. The van der Waals surface area contributed by atoms with Gasteiger partial charge in [-0.1, -0.05) is 0 Å². The van der Waals surface area contributed by atoms with Crippen molar-refractivity contribution in [1.82, 2.24) is 4.90 Å². The summed E-state index contributed by atoms with van der Waals surface area (Å²) >= 11 is 0. The van der Waals surface area contributed by atoms with E-state index in [2.05, 4.69) is 11.9 Å². The van der Waals surface area contributed by atoms with E-state index in [0.717, 1.165) is 55.8 Å². The zero-order chi connectivity index (χ0) is 19.8. The fourth-order valence-corrected chi connectivity index (χ4v) is 3.06. The number of rotatable bonds is 5. The lowest BCUT2D eigenvalue weighted by molar-refractivity contribution is -0.134. The highest BCUT2D eigenvalue weighted by Crippen LogP contribution is 2.32. The van der Waals surface area contributed by atoms with Crippen LogP contribution in [0.4, 0.5) is 4.39 Å². The molecule has 3 rings (SSSR count). The maximum atomic E-state index is 13.6. The van der Waals surface area contributed by atoms with Gasteiger partial charge in [-0.3, -0.25) is 0 Å². The first kappa shape index (κ1) is 20.9. The number of halogens is 1. The van der Waals surface area contributed by atoms with Gasteiger partial charge >= 0.3 is 11.9 Å². The smallest absolute Gasteiger partial charge is 0.328 e. The van der Waals surface area contributed by atoms with Crippen LogP contribution in [0, 0.1) is 5.82 Å². The van der Waals surface area contributed by atoms with Gasteiger partial charge < -0.3 is 24.6 Å². The molecule has 0 radical (unpaired) electrons. The number of carboxylic acids is 2. The molecule has 1 unspecified atom stereocenters. The molecule has 1 fully saturated rings. The molecule has 27 heavy (non-hydrogen) atoms. The fraction of sp³-hybridized carbons (Fsp3) is 0.474. The van der Waals surface area contributed by atoms with Crippen molar-refractivity contribution in [3.63, 3.8) is 0 Å². The van der Waals surface area contributed by atoms with Gasteiger partial charge in [0.1, 0.15) is 24.3 Å². The number of carbonyl (C=O) groups is 2. The standard InChI is InChI=1S/C15H20FNO2.C4H4O4/c1-17-7-8-18-11(9-17)10-19-15-6-5-14(16)12-3-2-4-13(12)15;5-3(6)1-2-4(7)8/h5-6,11H,2-4,7-10H2,1H3;1-2H,(H,5,6)(H,7,8)/b;2-1+. The Morgan fingerprint density at radius 1 is 1.26 bits per heavy atom. The molecule has 0 spiro atoms. The highest BCUT2D eigenvalue weighted by atomic mass is 19.1. The van der Waals surface area contributed by atoms with E-state index >= 15 is 0 Å². The average Bonchev–Trinajstić information content (AvgIpc) is 3.11. The minimum atomic E-state index is -1.26. The van der Waals surface area contributed by atoms with Crippen LogP contribution in [0.1, 0.15) is 17.5 Å². The lowest BCUT2D eigenvalue weighted by Gasteiger charge is -2.30. The quantitative estimate of drug-likeness (QED) is 0.750. The number of aliphatic carboxylic acids is 2. The largest absolute Gasteiger partial charge is 0.491 e. The summed E-state index contributed by atoms with van der Waals surface area (Å²) in [6, 6.07) is 3.28. The number of carboxylic acid groups (broad SMARTS) is 2. The van der Waals surface area contributed by atoms with Gasteiger partial charge in [0.15, 0.2) is 0 Å². The van der Waals surface area contributed by atoms with Gasteiger partial charge in [0.05, 0.1) is 6.61 Å². The Bertz CT molecular complexity index is 690. The maximum Gasteiger partial charge on any atom is 0.328 e. The van der Waals surface area contributed by atoms with E-state index in [0.29, 0.717) is 18.8 Å². The van der Waals surface area contributed by atoms with Gasteiger partial charge in [0, 0.05) is 30.8 Å². The van der Waals surface area contributed by atoms with Crippen molar-refractivity contribution < 1.29 is 33.7 Å². The summed E-state index contributed by atoms with van der Waals surface area (Å²) in [5.41, 5.74) is 1.91. The van der Waals surface area contributed by atoms with Crippen LogP contribution in [0.25, 0.3) is 0 Å². The third-order valence-electron chi connectivity index (χ3n) is 4.32. The van der Waals surface area contributed by atoms with Gasteiger partial charge in [0.25, 0.3) is 0 Å². The zero-order valence-corrected chi connectivity index (χ0v) is 15.2. The third-order valence-corrected chi connectivity index (χ3v) is 4.32. The van der Waals surface area contributed by atoms with E-state index in [1.807, 2.05) is 0 Å². The van der Waals surface area contributed by atoms with E-state index in [4.69, 9.17) is 19.7 Å². The molecule has 1 heterocycles. The third kappa shape index (κ3) is 6.65. The molecule has 0 saturated carbocycles. The summed E-state index contributed by atoms with van der Waals surface area (Å²) < 4.78 is 25.2. The lowest BCUT2D eigenvalue weighted by atomic mass is 10.1. The van der Waals surface area contributed by atoms with Gasteiger partial charge in [-0.05, 0) is 44.0 Å². The van der Waals surface area contributed by atoms with Crippen LogP contribution < -0.4 is 4.74 Å². The number of benzene rings is 1. The molecule has 7 nitrogen and oxygen atoms in total. The van der Waals surface area contributed by atoms with Gasteiger partial charge in [0.2, 0.25) is 0 Å². The van der Waals surface area contributed by atoms with Crippen LogP contribution in [0.2, 0.25) is 0 Å². The minimum Gasteiger partial charge on any atom is -0.491 e. The zero-order valence-electron chi connectivity index (χ0n) is 15.2. The van der Waals surface area contributed by atoms with Crippen molar-refractivity contribution in [1.29, 1.82) is 0 Å². The molecule has 1 saturated heterocycles. The van der Waals surface area contributed by atoms with Gasteiger partial charge in [-0.25, -0.2) is 14.0 Å². The summed E-state index contributed by atoms with van der Waals surface area (Å²) in [5.74, 6) is -1.76. The number of hydrogen-bond donors (Lipinski definition) is 2. The average molecular weight is 381 g/mol. The van der Waals surface area contributed by atoms with Crippen LogP contribution in [-0.4, -0.2) is 66.5 Å².